The Morgan fingerprint density at radius 1 is 1.52 bits per heavy atom. The first-order chi connectivity index (χ1) is 11.9. The van der Waals surface area contributed by atoms with Gasteiger partial charge < -0.3 is 15.0 Å². The highest BCUT2D eigenvalue weighted by atomic mass is 19.3. The number of alkyl halides is 2. The lowest BCUT2D eigenvalue weighted by Gasteiger charge is -2.32. The number of hydrogen-bond donors (Lipinski definition) is 1. The zero-order chi connectivity index (χ0) is 18.4. The summed E-state index contributed by atoms with van der Waals surface area (Å²) in [5.41, 5.74) is 1.12. The first-order valence-corrected chi connectivity index (χ1v) is 8.44. The highest BCUT2D eigenvalue weighted by Gasteiger charge is 2.43. The molecule has 2 heterocycles. The summed E-state index contributed by atoms with van der Waals surface area (Å²) < 4.78 is 35.0. The maximum absolute atomic E-state index is 14.2. The van der Waals surface area contributed by atoms with Crippen LogP contribution in [0.4, 0.5) is 13.6 Å². The highest BCUT2D eigenvalue weighted by molar-refractivity contribution is 5.67. The zero-order valence-corrected chi connectivity index (χ0v) is 14.9. The van der Waals surface area contributed by atoms with E-state index < -0.39 is 17.9 Å². The lowest BCUT2D eigenvalue weighted by atomic mass is 9.88. The molecule has 2 rings (SSSR count). The van der Waals surface area contributed by atoms with E-state index in [-0.39, 0.29) is 19.5 Å². The first-order valence-electron chi connectivity index (χ1n) is 8.44. The van der Waals surface area contributed by atoms with Gasteiger partial charge in [-0.3, -0.25) is 4.84 Å². The number of carbonyl (C=O) groups excluding carboxylic acids is 1. The average molecular weight is 358 g/mol. The minimum Gasteiger partial charge on any atom is -0.449 e. The van der Waals surface area contributed by atoms with Gasteiger partial charge in [0.1, 0.15) is 13.7 Å². The van der Waals surface area contributed by atoms with Crippen LogP contribution >= 0.6 is 0 Å². The Labute approximate surface area is 146 Å². The van der Waals surface area contributed by atoms with Crippen molar-refractivity contribution in [2.24, 2.45) is 0 Å². The van der Waals surface area contributed by atoms with E-state index in [1.807, 2.05) is 6.92 Å². The summed E-state index contributed by atoms with van der Waals surface area (Å²) in [5, 5.41) is 3.02. The van der Waals surface area contributed by atoms with Crippen LogP contribution in [0, 0.1) is 0 Å². The van der Waals surface area contributed by atoms with Crippen LogP contribution in [0.15, 0.2) is 18.3 Å². The number of halogens is 2. The van der Waals surface area contributed by atoms with E-state index in [0.717, 1.165) is 6.42 Å². The molecule has 1 aliphatic heterocycles. The van der Waals surface area contributed by atoms with Crippen LogP contribution in [0.2, 0.25) is 0 Å². The Morgan fingerprint density at radius 2 is 2.28 bits per heavy atom. The van der Waals surface area contributed by atoms with Gasteiger partial charge in [-0.25, -0.2) is 13.6 Å². The van der Waals surface area contributed by atoms with E-state index in [1.165, 1.54) is 16.7 Å². The lowest BCUT2D eigenvalue weighted by Crippen LogP contribution is -2.47. The Morgan fingerprint density at radius 3 is 2.92 bits per heavy atom. The fourth-order valence-electron chi connectivity index (χ4n) is 2.86. The summed E-state index contributed by atoms with van der Waals surface area (Å²) in [6.45, 7) is 2.97. The molecule has 25 heavy (non-hydrogen) atoms. The van der Waals surface area contributed by atoms with Crippen LogP contribution in [0.1, 0.15) is 36.9 Å². The van der Waals surface area contributed by atoms with E-state index in [9.17, 15) is 13.6 Å². The van der Waals surface area contributed by atoms with Crippen molar-refractivity contribution >= 4 is 6.09 Å². The van der Waals surface area contributed by atoms with E-state index in [4.69, 9.17) is 9.57 Å². The molecule has 1 aliphatic rings. The van der Waals surface area contributed by atoms with Gasteiger partial charge in [0.2, 0.25) is 6.20 Å². The third-order valence-electron chi connectivity index (χ3n) is 4.25. The molecular formula is C17H26F2N3O3+. The van der Waals surface area contributed by atoms with Crippen LogP contribution in [0.5, 0.6) is 0 Å². The highest BCUT2D eigenvalue weighted by Crippen LogP contribution is 2.37. The normalized spacial score (nSPS) is 19.3. The van der Waals surface area contributed by atoms with E-state index in [2.05, 4.69) is 5.32 Å². The topological polar surface area (TPSA) is 54.7 Å². The number of nitrogens with one attached hydrogen (secondary N) is 1. The van der Waals surface area contributed by atoms with E-state index >= 15 is 0 Å². The summed E-state index contributed by atoms with van der Waals surface area (Å²) in [4.78, 5) is 18.5. The SMILES string of the molecule is CCCOC(=O)N(C)Cc1cc(C2CNCCC2(F)F)cc[n+]1OC. The van der Waals surface area contributed by atoms with Gasteiger partial charge in [0, 0.05) is 43.4 Å². The molecule has 1 unspecified atom stereocenters. The Balaban J connectivity index is 2.20. The molecule has 0 aliphatic carbocycles. The molecule has 8 heteroatoms. The summed E-state index contributed by atoms with van der Waals surface area (Å²) in [6, 6.07) is 3.30. The number of rotatable bonds is 6. The number of hydrogen-bond acceptors (Lipinski definition) is 4. The molecule has 1 saturated heterocycles. The number of pyridine rings is 1. The Bertz CT molecular complexity index is 599. The van der Waals surface area contributed by atoms with Crippen molar-refractivity contribution in [1.82, 2.24) is 10.2 Å². The molecule has 0 spiro atoms. The van der Waals surface area contributed by atoms with Crippen molar-refractivity contribution in [1.29, 1.82) is 0 Å². The van der Waals surface area contributed by atoms with Crippen molar-refractivity contribution in [3.05, 3.63) is 29.6 Å². The molecule has 1 aromatic heterocycles. The molecule has 140 valence electrons. The maximum Gasteiger partial charge on any atom is 0.410 e. The molecule has 1 N–H and O–H groups in total. The Kier molecular flexibility index (Phi) is 6.52. The van der Waals surface area contributed by atoms with Gasteiger partial charge in [-0.2, -0.15) is 0 Å². The standard InChI is InChI=1S/C17H26F2N3O3/c1-4-9-25-16(23)21(2)12-14-10-13(5-8-22(14)24-3)15-11-20-7-6-17(15,18)19/h5,8,10,15,20H,4,6-7,9,11-12H2,1-3H3/q+1. The lowest BCUT2D eigenvalue weighted by molar-refractivity contribution is -0.891. The number of aromatic nitrogens is 1. The van der Waals surface area contributed by atoms with Crippen molar-refractivity contribution in [3.63, 3.8) is 0 Å². The van der Waals surface area contributed by atoms with Crippen molar-refractivity contribution in [2.45, 2.75) is 38.2 Å². The molecular weight excluding hydrogens is 332 g/mol. The minimum atomic E-state index is -2.76. The van der Waals surface area contributed by atoms with Crippen LogP contribution in [0.25, 0.3) is 0 Å². The third-order valence-corrected chi connectivity index (χ3v) is 4.25. The molecule has 0 radical (unpaired) electrons. The molecule has 1 amide bonds. The van der Waals surface area contributed by atoms with Gasteiger partial charge in [0.15, 0.2) is 0 Å². The van der Waals surface area contributed by atoms with Crippen LogP contribution in [-0.4, -0.2) is 50.8 Å². The first kappa shape index (κ1) is 19.4. The summed E-state index contributed by atoms with van der Waals surface area (Å²) >= 11 is 0. The largest absolute Gasteiger partial charge is 0.449 e. The van der Waals surface area contributed by atoms with Gasteiger partial charge in [-0.1, -0.05) is 6.92 Å². The number of piperidine rings is 1. The summed E-state index contributed by atoms with van der Waals surface area (Å²) in [5.74, 6) is -3.66. The second kappa shape index (κ2) is 8.42. The molecule has 0 aromatic carbocycles. The predicted octanol–water partition coefficient (Wildman–Crippen LogP) is 1.72. The van der Waals surface area contributed by atoms with Gasteiger partial charge >= 0.3 is 6.09 Å². The van der Waals surface area contributed by atoms with Gasteiger partial charge in [-0.05, 0) is 12.0 Å². The fourth-order valence-corrected chi connectivity index (χ4v) is 2.86. The third kappa shape index (κ3) is 4.78. The number of nitrogens with zero attached hydrogens (tertiary/aromatic N) is 2. The van der Waals surface area contributed by atoms with Crippen LogP contribution in [-0.2, 0) is 11.3 Å². The van der Waals surface area contributed by atoms with E-state index in [0.29, 0.717) is 24.4 Å². The molecule has 1 atom stereocenters. The molecule has 0 saturated carbocycles. The Hall–Kier alpha value is -1.96. The number of ether oxygens (including phenoxy) is 1. The van der Waals surface area contributed by atoms with Crippen molar-refractivity contribution in [2.75, 3.05) is 33.9 Å². The minimum absolute atomic E-state index is 0.185. The smallest absolute Gasteiger partial charge is 0.410 e. The monoisotopic (exact) mass is 358 g/mol. The average Bonchev–Trinajstić information content (AvgIpc) is 2.59. The number of carbonyl (C=O) groups is 1. The summed E-state index contributed by atoms with van der Waals surface area (Å²) in [6.07, 6.45) is 1.69. The molecule has 0 bridgehead atoms. The molecule has 1 fully saturated rings. The van der Waals surface area contributed by atoms with Gasteiger partial charge in [-0.15, -0.1) is 0 Å². The second-order valence-electron chi connectivity index (χ2n) is 6.20. The second-order valence-corrected chi connectivity index (χ2v) is 6.20. The fraction of sp³-hybridized carbons (Fsp3) is 0.647. The van der Waals surface area contributed by atoms with Gasteiger partial charge in [0.05, 0.1) is 12.5 Å². The van der Waals surface area contributed by atoms with Crippen molar-refractivity contribution < 1.29 is 27.9 Å². The molecule has 6 nitrogen and oxygen atoms in total. The maximum atomic E-state index is 14.2. The quantitative estimate of drug-likeness (QED) is 0.787. The van der Waals surface area contributed by atoms with Crippen LogP contribution in [0.3, 0.4) is 0 Å². The zero-order valence-electron chi connectivity index (χ0n) is 14.9. The van der Waals surface area contributed by atoms with E-state index in [1.54, 1.807) is 25.4 Å². The van der Waals surface area contributed by atoms with Crippen molar-refractivity contribution in [3.8, 4) is 0 Å². The number of amides is 1. The summed E-state index contributed by atoms with van der Waals surface area (Å²) in [7, 11) is 3.08. The van der Waals surface area contributed by atoms with Gasteiger partial charge in [0.25, 0.3) is 11.6 Å². The predicted molar refractivity (Wildman–Crippen MR) is 87.4 cm³/mol. The van der Waals surface area contributed by atoms with Crippen LogP contribution < -0.4 is 14.9 Å². The molecule has 1 aromatic rings.